The van der Waals surface area contributed by atoms with Crippen molar-refractivity contribution in [2.24, 2.45) is 13.0 Å². The summed E-state index contributed by atoms with van der Waals surface area (Å²) in [4.78, 5) is 2.33. The number of nitrogens with zero attached hydrogens (tertiary/aromatic N) is 7. The van der Waals surface area contributed by atoms with Crippen molar-refractivity contribution in [1.29, 1.82) is 0 Å². The van der Waals surface area contributed by atoms with Crippen LogP contribution < -0.4 is 10.2 Å². The summed E-state index contributed by atoms with van der Waals surface area (Å²) in [5.74, 6) is 3.27. The summed E-state index contributed by atoms with van der Waals surface area (Å²) in [7, 11) is 1.95. The zero-order valence-electron chi connectivity index (χ0n) is 14.3. The van der Waals surface area contributed by atoms with E-state index in [4.69, 9.17) is 5.10 Å². The highest BCUT2D eigenvalue weighted by Gasteiger charge is 2.31. The second-order valence-corrected chi connectivity index (χ2v) is 7.22. The topological polar surface area (TPSA) is 76.2 Å². The lowest BCUT2D eigenvalue weighted by Crippen LogP contribution is -2.51. The third-order valence-corrected chi connectivity index (χ3v) is 5.02. The molecule has 0 radical (unpaired) electrons. The van der Waals surface area contributed by atoms with Crippen LogP contribution in [0.1, 0.15) is 30.1 Å². The minimum absolute atomic E-state index is 0.554. The second kappa shape index (κ2) is 5.80. The van der Waals surface area contributed by atoms with Gasteiger partial charge in [0.15, 0.2) is 11.5 Å². The maximum atomic E-state index is 4.77. The van der Waals surface area contributed by atoms with Crippen LogP contribution in [0, 0.1) is 5.92 Å². The molecule has 2 aliphatic rings. The molecule has 1 aliphatic carbocycles. The molecule has 5 rings (SSSR count). The van der Waals surface area contributed by atoms with Gasteiger partial charge in [0.2, 0.25) is 0 Å². The molecule has 3 aromatic rings. The van der Waals surface area contributed by atoms with Crippen LogP contribution >= 0.6 is 0 Å². The Hall–Kier alpha value is -2.48. The Morgan fingerprint density at radius 1 is 1.20 bits per heavy atom. The first kappa shape index (κ1) is 14.8. The van der Waals surface area contributed by atoms with Gasteiger partial charge in [0.1, 0.15) is 5.82 Å². The number of hydrogen-bond acceptors (Lipinski definition) is 6. The fraction of sp³-hybridized carbons (Fsp3) is 0.529. The summed E-state index contributed by atoms with van der Waals surface area (Å²) >= 11 is 0. The van der Waals surface area contributed by atoms with E-state index < -0.39 is 0 Å². The van der Waals surface area contributed by atoms with Crippen molar-refractivity contribution in [1.82, 2.24) is 34.9 Å². The normalized spacial score (nSPS) is 18.0. The average molecular weight is 338 g/mol. The summed E-state index contributed by atoms with van der Waals surface area (Å²) in [6.45, 7) is 3.98. The average Bonchev–Trinajstić information content (AvgIpc) is 3.20. The van der Waals surface area contributed by atoms with Crippen LogP contribution in [0.15, 0.2) is 24.5 Å². The van der Waals surface area contributed by atoms with Gasteiger partial charge in [-0.3, -0.25) is 4.68 Å². The molecule has 0 amide bonds. The van der Waals surface area contributed by atoms with Gasteiger partial charge in [0.05, 0.1) is 6.20 Å². The number of aryl methyl sites for hydroxylation is 1. The van der Waals surface area contributed by atoms with E-state index in [0.29, 0.717) is 11.8 Å². The van der Waals surface area contributed by atoms with E-state index in [0.717, 1.165) is 43.5 Å². The predicted molar refractivity (Wildman–Crippen MR) is 93.4 cm³/mol. The van der Waals surface area contributed by atoms with E-state index in [-0.39, 0.29) is 0 Å². The number of aromatic nitrogens is 6. The Morgan fingerprint density at radius 2 is 2.08 bits per heavy atom. The molecule has 2 fully saturated rings. The Balaban J connectivity index is 1.17. The van der Waals surface area contributed by atoms with Gasteiger partial charge in [-0.25, -0.2) is 0 Å². The lowest BCUT2D eigenvalue weighted by Gasteiger charge is -2.40. The molecule has 3 aromatic heterocycles. The minimum Gasteiger partial charge on any atom is -0.354 e. The van der Waals surface area contributed by atoms with Crippen molar-refractivity contribution in [2.75, 3.05) is 24.5 Å². The fourth-order valence-corrected chi connectivity index (χ4v) is 3.43. The van der Waals surface area contributed by atoms with Crippen LogP contribution in [0.25, 0.3) is 5.65 Å². The van der Waals surface area contributed by atoms with E-state index in [1.165, 1.54) is 18.4 Å². The molecule has 0 spiro atoms. The van der Waals surface area contributed by atoms with E-state index in [1.807, 2.05) is 28.5 Å². The summed E-state index contributed by atoms with van der Waals surface area (Å²) in [6.07, 6.45) is 6.38. The van der Waals surface area contributed by atoms with Crippen molar-refractivity contribution >= 4 is 11.5 Å². The maximum absolute atomic E-state index is 4.77. The second-order valence-electron chi connectivity index (χ2n) is 7.22. The van der Waals surface area contributed by atoms with Crippen molar-refractivity contribution in [3.63, 3.8) is 0 Å². The lowest BCUT2D eigenvalue weighted by atomic mass is 10.0. The van der Waals surface area contributed by atoms with Crippen LogP contribution in [-0.2, 0) is 13.6 Å². The van der Waals surface area contributed by atoms with Gasteiger partial charge in [-0.15, -0.1) is 15.3 Å². The van der Waals surface area contributed by atoms with Crippen molar-refractivity contribution < 1.29 is 0 Å². The lowest BCUT2D eigenvalue weighted by molar-refractivity contribution is 0.381. The Bertz CT molecular complexity index is 887. The number of rotatable bonds is 6. The van der Waals surface area contributed by atoms with Crippen LogP contribution in [0.4, 0.5) is 5.82 Å². The molecular formula is C17H22N8. The van der Waals surface area contributed by atoms with E-state index >= 15 is 0 Å². The Morgan fingerprint density at radius 3 is 2.84 bits per heavy atom. The third kappa shape index (κ3) is 2.86. The number of nitrogens with one attached hydrogen (secondary N) is 1. The van der Waals surface area contributed by atoms with Crippen molar-refractivity contribution in [3.05, 3.63) is 35.9 Å². The molecule has 4 heterocycles. The van der Waals surface area contributed by atoms with E-state index in [2.05, 4.69) is 37.8 Å². The third-order valence-electron chi connectivity index (χ3n) is 5.02. The van der Waals surface area contributed by atoms with Gasteiger partial charge in [0.25, 0.3) is 0 Å². The molecule has 1 N–H and O–H groups in total. The molecule has 1 saturated carbocycles. The molecule has 0 unspecified atom stereocenters. The quantitative estimate of drug-likeness (QED) is 0.721. The Labute approximate surface area is 145 Å². The molecule has 0 atom stereocenters. The minimum atomic E-state index is 0.554. The molecule has 130 valence electrons. The summed E-state index contributed by atoms with van der Waals surface area (Å²) < 4.78 is 3.77. The number of hydrogen-bond donors (Lipinski definition) is 1. The number of fused-ring (bicyclic) bond motifs is 1. The van der Waals surface area contributed by atoms with Crippen molar-refractivity contribution in [2.45, 2.75) is 25.3 Å². The first-order chi connectivity index (χ1) is 12.3. The van der Waals surface area contributed by atoms with E-state index in [9.17, 15) is 0 Å². The van der Waals surface area contributed by atoms with Crippen molar-refractivity contribution in [3.8, 4) is 0 Å². The molecular weight excluding hydrogens is 316 g/mol. The predicted octanol–water partition coefficient (Wildman–Crippen LogP) is 0.961. The first-order valence-electron chi connectivity index (χ1n) is 8.92. The zero-order chi connectivity index (χ0) is 16.8. The number of anilines is 1. The Kier molecular flexibility index (Phi) is 3.44. The van der Waals surface area contributed by atoms with Gasteiger partial charge in [-0.1, -0.05) is 0 Å². The monoisotopic (exact) mass is 338 g/mol. The van der Waals surface area contributed by atoms with Gasteiger partial charge >= 0.3 is 0 Å². The van der Waals surface area contributed by atoms with Crippen LogP contribution in [0.3, 0.4) is 0 Å². The van der Waals surface area contributed by atoms with Crippen LogP contribution in [0.2, 0.25) is 0 Å². The van der Waals surface area contributed by atoms with Gasteiger partial charge in [0, 0.05) is 56.8 Å². The van der Waals surface area contributed by atoms with Gasteiger partial charge in [-0.2, -0.15) is 9.61 Å². The highest BCUT2D eigenvalue weighted by atomic mass is 15.4. The van der Waals surface area contributed by atoms with E-state index in [1.54, 1.807) is 0 Å². The molecule has 8 nitrogen and oxygen atoms in total. The summed E-state index contributed by atoms with van der Waals surface area (Å²) in [5.41, 5.74) is 2.08. The van der Waals surface area contributed by atoms with Crippen LogP contribution in [0.5, 0.6) is 0 Å². The van der Waals surface area contributed by atoms with Gasteiger partial charge in [-0.05, 0) is 25.0 Å². The SMILES string of the molecule is Cn1cc(CNCC2CN(c3ccc4nnc(C5CC5)n4n3)C2)cn1. The fourth-order valence-electron chi connectivity index (χ4n) is 3.43. The maximum Gasteiger partial charge on any atom is 0.178 e. The first-order valence-corrected chi connectivity index (χ1v) is 8.92. The molecule has 1 aliphatic heterocycles. The highest BCUT2D eigenvalue weighted by molar-refractivity contribution is 5.47. The zero-order valence-corrected chi connectivity index (χ0v) is 14.3. The largest absolute Gasteiger partial charge is 0.354 e. The summed E-state index contributed by atoms with van der Waals surface area (Å²) in [6, 6.07) is 4.08. The van der Waals surface area contributed by atoms with Crippen LogP contribution in [-0.4, -0.2) is 49.2 Å². The smallest absolute Gasteiger partial charge is 0.178 e. The molecule has 8 heteroatoms. The summed E-state index contributed by atoms with van der Waals surface area (Å²) in [5, 5.41) is 21.0. The standard InChI is InChI=1S/C17H22N8/c1-23-9-12(8-19-23)6-18-7-13-10-24(11-13)16-5-4-15-20-21-17(14-2-3-14)25(15)22-16/h4-5,8-9,13-14,18H,2-3,6-7,10-11H2,1H3. The molecule has 0 bridgehead atoms. The molecule has 25 heavy (non-hydrogen) atoms. The molecule has 1 saturated heterocycles. The van der Waals surface area contributed by atoms with Gasteiger partial charge < -0.3 is 10.2 Å². The molecule has 0 aromatic carbocycles. The highest BCUT2D eigenvalue weighted by Crippen LogP contribution is 2.38.